The van der Waals surface area contributed by atoms with Crippen LogP contribution in [0.25, 0.3) is 0 Å². The maximum atomic E-state index is 10.3. The van der Waals surface area contributed by atoms with Crippen molar-refractivity contribution in [2.45, 2.75) is 18.8 Å². The molecular weight excluding hydrogens is 308 g/mol. The van der Waals surface area contributed by atoms with Crippen LogP contribution in [0.3, 0.4) is 0 Å². The zero-order valence-corrected chi connectivity index (χ0v) is 13.3. The van der Waals surface area contributed by atoms with Gasteiger partial charge in [0.25, 0.3) is 0 Å². The molecule has 0 heterocycles. The fourth-order valence-electron chi connectivity index (χ4n) is 2.65. The summed E-state index contributed by atoms with van der Waals surface area (Å²) in [5, 5.41) is 27.1. The molecule has 3 rings (SSSR count). The van der Waals surface area contributed by atoms with E-state index in [0.717, 1.165) is 16.7 Å². The van der Waals surface area contributed by atoms with E-state index in [-0.39, 0.29) is 0 Å². The molecule has 0 bridgehead atoms. The van der Waals surface area contributed by atoms with E-state index in [2.05, 4.69) is 10.6 Å². The van der Waals surface area contributed by atoms with E-state index in [1.54, 1.807) is 6.20 Å². The summed E-state index contributed by atoms with van der Waals surface area (Å²) in [5.74, 6) is 0. The van der Waals surface area contributed by atoms with Crippen molar-refractivity contribution in [3.63, 3.8) is 0 Å². The zero-order chi connectivity index (χ0) is 16.2. The quantitative estimate of drug-likeness (QED) is 0.652. The predicted octanol–water partition coefficient (Wildman–Crippen LogP) is 2.32. The lowest BCUT2D eigenvalue weighted by Gasteiger charge is -2.12. The van der Waals surface area contributed by atoms with Gasteiger partial charge in [0.15, 0.2) is 5.11 Å². The molecule has 0 aliphatic heterocycles. The Hall–Kier alpha value is -2.21. The van der Waals surface area contributed by atoms with Crippen LogP contribution in [0.5, 0.6) is 0 Å². The van der Waals surface area contributed by atoms with Gasteiger partial charge in [0, 0.05) is 18.3 Å². The van der Waals surface area contributed by atoms with Gasteiger partial charge in [-0.1, -0.05) is 54.6 Å². The number of nitrogens with one attached hydrogen (secondary N) is 2. The summed E-state index contributed by atoms with van der Waals surface area (Å²) in [6.07, 6.45) is -0.0494. The molecule has 23 heavy (non-hydrogen) atoms. The molecule has 118 valence electrons. The maximum Gasteiger partial charge on any atom is 0.170 e. The van der Waals surface area contributed by atoms with Crippen molar-refractivity contribution >= 4 is 17.3 Å². The molecule has 1 aliphatic rings. The van der Waals surface area contributed by atoms with Crippen LogP contribution in [-0.4, -0.2) is 15.3 Å². The number of fused-ring (bicyclic) bond motifs is 1. The van der Waals surface area contributed by atoms with E-state index in [0.29, 0.717) is 17.2 Å². The van der Waals surface area contributed by atoms with Crippen LogP contribution in [0.15, 0.2) is 66.4 Å². The first-order chi connectivity index (χ1) is 11.2. The van der Waals surface area contributed by atoms with Gasteiger partial charge in [-0.25, -0.2) is 0 Å². The monoisotopic (exact) mass is 326 g/mol. The van der Waals surface area contributed by atoms with E-state index in [1.807, 2.05) is 54.6 Å². The smallest absolute Gasteiger partial charge is 0.170 e. The summed E-state index contributed by atoms with van der Waals surface area (Å²) in [4.78, 5) is 0. The first-order valence-electron chi connectivity index (χ1n) is 7.40. The van der Waals surface area contributed by atoms with Crippen LogP contribution < -0.4 is 10.6 Å². The number of aliphatic hydroxyl groups excluding tert-OH is 2. The van der Waals surface area contributed by atoms with E-state index in [4.69, 9.17) is 12.2 Å². The summed E-state index contributed by atoms with van der Waals surface area (Å²) in [5.41, 5.74) is 3.08. The minimum absolute atomic E-state index is 0.441. The van der Waals surface area contributed by atoms with Gasteiger partial charge in [-0.3, -0.25) is 0 Å². The van der Waals surface area contributed by atoms with Crippen LogP contribution in [0, 0.1) is 0 Å². The first kappa shape index (κ1) is 15.7. The van der Waals surface area contributed by atoms with Crippen molar-refractivity contribution in [2.75, 3.05) is 0 Å². The second-order valence-corrected chi connectivity index (χ2v) is 5.80. The maximum absolute atomic E-state index is 10.3. The molecule has 0 saturated carbocycles. The first-order valence-corrected chi connectivity index (χ1v) is 7.81. The Morgan fingerprint density at radius 2 is 1.52 bits per heavy atom. The molecule has 0 radical (unpaired) electrons. The molecular formula is C18H18N2O2S. The third-order valence-electron chi connectivity index (χ3n) is 3.88. The zero-order valence-electron chi connectivity index (χ0n) is 12.4. The topological polar surface area (TPSA) is 64.5 Å². The Bertz CT molecular complexity index is 700. The van der Waals surface area contributed by atoms with Gasteiger partial charge in [-0.15, -0.1) is 0 Å². The summed E-state index contributed by atoms with van der Waals surface area (Å²) >= 11 is 5.22. The minimum atomic E-state index is -0.814. The molecule has 4 nitrogen and oxygen atoms in total. The van der Waals surface area contributed by atoms with E-state index in [9.17, 15) is 10.2 Å². The number of rotatable bonds is 3. The number of thiocarbonyl (C=S) groups is 1. The summed E-state index contributed by atoms with van der Waals surface area (Å²) in [6.45, 7) is 0.612. The molecule has 0 fully saturated rings. The largest absolute Gasteiger partial charge is 0.384 e. The third-order valence-corrected chi connectivity index (χ3v) is 4.14. The Morgan fingerprint density at radius 1 is 0.957 bits per heavy atom. The van der Waals surface area contributed by atoms with Gasteiger partial charge >= 0.3 is 0 Å². The van der Waals surface area contributed by atoms with Crippen molar-refractivity contribution in [3.05, 3.63) is 83.1 Å². The number of aliphatic hydroxyl groups is 2. The lowest BCUT2D eigenvalue weighted by molar-refractivity contribution is 0.170. The molecule has 2 unspecified atom stereocenters. The van der Waals surface area contributed by atoms with Gasteiger partial charge in [0.05, 0.1) is 0 Å². The molecule has 2 aromatic carbocycles. The number of hydrogen-bond acceptors (Lipinski definition) is 3. The SMILES string of the molecule is OC1C(=CNC(=S)NCc2ccccc2)C(O)c2ccccc21. The fraction of sp³-hybridized carbons (Fsp3) is 0.167. The Labute approximate surface area is 140 Å². The Morgan fingerprint density at radius 3 is 2.13 bits per heavy atom. The van der Waals surface area contributed by atoms with Gasteiger partial charge in [0.1, 0.15) is 12.2 Å². The molecule has 0 spiro atoms. The van der Waals surface area contributed by atoms with Crippen molar-refractivity contribution < 1.29 is 10.2 Å². The van der Waals surface area contributed by atoms with Crippen molar-refractivity contribution in [3.8, 4) is 0 Å². The van der Waals surface area contributed by atoms with Gasteiger partial charge in [0.2, 0.25) is 0 Å². The van der Waals surface area contributed by atoms with Crippen LogP contribution in [0.2, 0.25) is 0 Å². The highest BCUT2D eigenvalue weighted by Crippen LogP contribution is 2.42. The van der Waals surface area contributed by atoms with Gasteiger partial charge < -0.3 is 20.8 Å². The lowest BCUT2D eigenvalue weighted by atomic mass is 10.1. The molecule has 5 heteroatoms. The van der Waals surface area contributed by atoms with E-state index < -0.39 is 12.2 Å². The summed E-state index contributed by atoms with van der Waals surface area (Å²) in [7, 11) is 0. The van der Waals surface area contributed by atoms with Gasteiger partial charge in [-0.05, 0) is 28.9 Å². The van der Waals surface area contributed by atoms with E-state index in [1.165, 1.54) is 0 Å². The van der Waals surface area contributed by atoms with E-state index >= 15 is 0 Å². The average molecular weight is 326 g/mol. The molecule has 0 saturated heterocycles. The molecule has 1 aliphatic carbocycles. The fourth-order valence-corrected chi connectivity index (χ4v) is 2.78. The Kier molecular flexibility index (Phi) is 4.71. The minimum Gasteiger partial charge on any atom is -0.384 e. The lowest BCUT2D eigenvalue weighted by Crippen LogP contribution is -2.31. The highest BCUT2D eigenvalue weighted by Gasteiger charge is 2.32. The highest BCUT2D eigenvalue weighted by molar-refractivity contribution is 7.80. The molecule has 2 atom stereocenters. The molecule has 2 aromatic rings. The second kappa shape index (κ2) is 6.91. The average Bonchev–Trinajstić information content (AvgIpc) is 2.83. The summed E-state index contributed by atoms with van der Waals surface area (Å²) < 4.78 is 0. The number of hydrogen-bond donors (Lipinski definition) is 4. The molecule has 4 N–H and O–H groups in total. The van der Waals surface area contributed by atoms with Crippen LogP contribution in [-0.2, 0) is 6.54 Å². The van der Waals surface area contributed by atoms with Crippen molar-refractivity contribution in [1.29, 1.82) is 0 Å². The standard InChI is InChI=1S/C18H18N2O2S/c21-16-13-8-4-5-9-14(13)17(22)15(16)11-20-18(23)19-10-12-6-2-1-3-7-12/h1-9,11,16-17,21-22H,10H2,(H2,19,20,23). The van der Waals surface area contributed by atoms with Crippen LogP contribution >= 0.6 is 12.2 Å². The Balaban J connectivity index is 1.61. The van der Waals surface area contributed by atoms with Crippen LogP contribution in [0.1, 0.15) is 28.9 Å². The second-order valence-electron chi connectivity index (χ2n) is 5.39. The van der Waals surface area contributed by atoms with Crippen LogP contribution in [0.4, 0.5) is 0 Å². The summed E-state index contributed by atoms with van der Waals surface area (Å²) in [6, 6.07) is 17.2. The number of benzene rings is 2. The molecule has 0 aromatic heterocycles. The van der Waals surface area contributed by atoms with Crippen molar-refractivity contribution in [1.82, 2.24) is 10.6 Å². The predicted molar refractivity (Wildman–Crippen MR) is 93.5 cm³/mol. The molecule has 0 amide bonds. The third kappa shape index (κ3) is 3.42. The van der Waals surface area contributed by atoms with Gasteiger partial charge in [-0.2, -0.15) is 0 Å². The van der Waals surface area contributed by atoms with Crippen molar-refractivity contribution in [2.24, 2.45) is 0 Å². The highest BCUT2D eigenvalue weighted by atomic mass is 32.1. The normalized spacial score (nSPS) is 19.1.